The molecule has 1 atom stereocenters. The standard InChI is InChI=1S/C19H30N4O2.HI/c1-3-20-18(23-15-19(2)11-7-13-25-19)22-14-17(24)21-12-10-16-8-5-4-6-9-16;/h4-6,8-9H,3,7,10-15H2,1-2H3,(H,21,24)(H2,20,22,23);1H. The summed E-state index contributed by atoms with van der Waals surface area (Å²) in [5.41, 5.74) is 1.07. The van der Waals surface area contributed by atoms with Gasteiger partial charge in [-0.05, 0) is 38.7 Å². The van der Waals surface area contributed by atoms with Crippen LogP contribution in [0.5, 0.6) is 0 Å². The Morgan fingerprint density at radius 3 is 2.65 bits per heavy atom. The molecule has 0 aromatic heterocycles. The molecule has 0 radical (unpaired) electrons. The van der Waals surface area contributed by atoms with Gasteiger partial charge < -0.3 is 20.7 Å². The zero-order valence-corrected chi connectivity index (χ0v) is 18.0. The average molecular weight is 474 g/mol. The highest BCUT2D eigenvalue weighted by Gasteiger charge is 2.29. The van der Waals surface area contributed by atoms with Gasteiger partial charge in [-0.3, -0.25) is 4.79 Å². The summed E-state index contributed by atoms with van der Waals surface area (Å²) < 4.78 is 5.77. The summed E-state index contributed by atoms with van der Waals surface area (Å²) in [6, 6.07) is 10.1. The third kappa shape index (κ3) is 8.35. The fourth-order valence-corrected chi connectivity index (χ4v) is 2.79. The van der Waals surface area contributed by atoms with E-state index in [1.54, 1.807) is 0 Å². The fraction of sp³-hybridized carbons (Fsp3) is 0.579. The number of halogens is 1. The Labute approximate surface area is 173 Å². The van der Waals surface area contributed by atoms with Crippen LogP contribution < -0.4 is 16.0 Å². The monoisotopic (exact) mass is 474 g/mol. The highest BCUT2D eigenvalue weighted by atomic mass is 127. The molecule has 2 rings (SSSR count). The summed E-state index contributed by atoms with van der Waals surface area (Å²) in [4.78, 5) is 16.3. The zero-order valence-electron chi connectivity index (χ0n) is 15.7. The summed E-state index contributed by atoms with van der Waals surface area (Å²) in [6.07, 6.45) is 2.96. The van der Waals surface area contributed by atoms with E-state index in [2.05, 4.69) is 40.0 Å². The van der Waals surface area contributed by atoms with Gasteiger partial charge in [0.25, 0.3) is 0 Å². The number of hydrogen-bond donors (Lipinski definition) is 3. The van der Waals surface area contributed by atoms with Crippen LogP contribution in [0.1, 0.15) is 32.3 Å². The third-order valence-corrected chi connectivity index (χ3v) is 4.23. The van der Waals surface area contributed by atoms with Crippen molar-refractivity contribution in [3.63, 3.8) is 0 Å². The van der Waals surface area contributed by atoms with E-state index in [1.165, 1.54) is 5.56 Å². The fourth-order valence-electron chi connectivity index (χ4n) is 2.79. The van der Waals surface area contributed by atoms with Crippen LogP contribution in [-0.4, -0.2) is 50.3 Å². The SMILES string of the molecule is CCNC(=NCC(=O)NCCc1ccccc1)NCC1(C)CCCO1.I. The average Bonchev–Trinajstić information content (AvgIpc) is 3.05. The first-order valence-corrected chi connectivity index (χ1v) is 9.08. The van der Waals surface area contributed by atoms with Crippen LogP contribution in [0, 0.1) is 0 Å². The van der Waals surface area contributed by atoms with Gasteiger partial charge in [-0.15, -0.1) is 24.0 Å². The Hall–Kier alpha value is -1.35. The van der Waals surface area contributed by atoms with Gasteiger partial charge in [0.2, 0.25) is 5.91 Å². The van der Waals surface area contributed by atoms with E-state index in [0.717, 1.165) is 32.4 Å². The predicted octanol–water partition coefficient (Wildman–Crippen LogP) is 2.09. The van der Waals surface area contributed by atoms with Crippen LogP contribution in [-0.2, 0) is 16.0 Å². The highest BCUT2D eigenvalue weighted by molar-refractivity contribution is 14.0. The molecule has 1 aromatic rings. The minimum absolute atomic E-state index is 0. The Bertz CT molecular complexity index is 560. The van der Waals surface area contributed by atoms with E-state index >= 15 is 0 Å². The lowest BCUT2D eigenvalue weighted by Gasteiger charge is -2.24. The second kappa shape index (κ2) is 12.1. The number of aliphatic imine (C=N–C) groups is 1. The van der Waals surface area contributed by atoms with Gasteiger partial charge in [0.1, 0.15) is 6.54 Å². The van der Waals surface area contributed by atoms with Crippen LogP contribution in [0.3, 0.4) is 0 Å². The number of carbonyl (C=O) groups is 1. The van der Waals surface area contributed by atoms with Crippen molar-refractivity contribution in [3.05, 3.63) is 35.9 Å². The minimum atomic E-state index is -0.145. The van der Waals surface area contributed by atoms with Gasteiger partial charge in [0.15, 0.2) is 5.96 Å². The van der Waals surface area contributed by atoms with Gasteiger partial charge in [-0.1, -0.05) is 30.3 Å². The molecule has 146 valence electrons. The summed E-state index contributed by atoms with van der Waals surface area (Å²) in [6.45, 7) is 7.09. The van der Waals surface area contributed by atoms with Crippen molar-refractivity contribution >= 4 is 35.8 Å². The highest BCUT2D eigenvalue weighted by Crippen LogP contribution is 2.23. The van der Waals surface area contributed by atoms with Crippen LogP contribution in [0.25, 0.3) is 0 Å². The number of rotatable bonds is 8. The molecule has 3 N–H and O–H groups in total. The second-order valence-corrected chi connectivity index (χ2v) is 6.54. The maximum Gasteiger partial charge on any atom is 0.241 e. The summed E-state index contributed by atoms with van der Waals surface area (Å²) >= 11 is 0. The van der Waals surface area contributed by atoms with Crippen molar-refractivity contribution in [1.29, 1.82) is 0 Å². The first-order valence-electron chi connectivity index (χ1n) is 9.08. The summed E-state index contributed by atoms with van der Waals surface area (Å²) in [5, 5.41) is 9.35. The third-order valence-electron chi connectivity index (χ3n) is 4.23. The maximum absolute atomic E-state index is 12.0. The normalized spacial score (nSPS) is 19.5. The molecule has 0 saturated carbocycles. The van der Waals surface area contributed by atoms with E-state index in [9.17, 15) is 4.79 Å². The van der Waals surface area contributed by atoms with Crippen molar-refractivity contribution in [3.8, 4) is 0 Å². The number of guanidine groups is 1. The zero-order chi connectivity index (χ0) is 18.0. The molecule has 1 aliphatic heterocycles. The second-order valence-electron chi connectivity index (χ2n) is 6.54. The topological polar surface area (TPSA) is 74.8 Å². The van der Waals surface area contributed by atoms with E-state index in [0.29, 0.717) is 19.0 Å². The Kier molecular flexibility index (Phi) is 10.6. The van der Waals surface area contributed by atoms with Gasteiger partial charge in [-0.2, -0.15) is 0 Å². The lowest BCUT2D eigenvalue weighted by molar-refractivity contribution is -0.119. The molecule has 1 aromatic carbocycles. The lowest BCUT2D eigenvalue weighted by atomic mass is 10.0. The van der Waals surface area contributed by atoms with Crippen LogP contribution in [0.15, 0.2) is 35.3 Å². The molecule has 0 aliphatic carbocycles. The molecule has 6 nitrogen and oxygen atoms in total. The number of nitrogens with one attached hydrogen (secondary N) is 3. The molecule has 1 heterocycles. The number of benzene rings is 1. The van der Waals surface area contributed by atoms with Gasteiger partial charge >= 0.3 is 0 Å². The lowest BCUT2D eigenvalue weighted by Crippen LogP contribution is -2.46. The molecular formula is C19H31IN4O2. The molecule has 1 aliphatic rings. The van der Waals surface area contributed by atoms with Crippen LogP contribution in [0.4, 0.5) is 0 Å². The van der Waals surface area contributed by atoms with E-state index in [-0.39, 0.29) is 42.0 Å². The molecule has 26 heavy (non-hydrogen) atoms. The minimum Gasteiger partial charge on any atom is -0.373 e. The molecule has 0 bridgehead atoms. The van der Waals surface area contributed by atoms with Gasteiger partial charge in [-0.25, -0.2) is 4.99 Å². The summed E-state index contributed by atoms with van der Waals surface area (Å²) in [5.74, 6) is 0.578. The first-order chi connectivity index (χ1) is 12.1. The number of amides is 1. The van der Waals surface area contributed by atoms with Crippen LogP contribution in [0.2, 0.25) is 0 Å². The van der Waals surface area contributed by atoms with E-state index < -0.39 is 0 Å². The van der Waals surface area contributed by atoms with Crippen molar-refractivity contribution in [2.45, 2.75) is 38.7 Å². The quantitative estimate of drug-likeness (QED) is 0.307. The molecule has 1 amide bonds. The summed E-state index contributed by atoms with van der Waals surface area (Å²) in [7, 11) is 0. The predicted molar refractivity (Wildman–Crippen MR) is 116 cm³/mol. The van der Waals surface area contributed by atoms with Crippen LogP contribution >= 0.6 is 24.0 Å². The Balaban J connectivity index is 0.00000338. The molecule has 0 spiro atoms. The largest absolute Gasteiger partial charge is 0.373 e. The number of ether oxygens (including phenoxy) is 1. The van der Waals surface area contributed by atoms with Crippen molar-refractivity contribution in [1.82, 2.24) is 16.0 Å². The van der Waals surface area contributed by atoms with Gasteiger partial charge in [0, 0.05) is 26.2 Å². The Morgan fingerprint density at radius 2 is 2.00 bits per heavy atom. The van der Waals surface area contributed by atoms with Crippen molar-refractivity contribution in [2.24, 2.45) is 4.99 Å². The Morgan fingerprint density at radius 1 is 1.23 bits per heavy atom. The van der Waals surface area contributed by atoms with Crippen molar-refractivity contribution in [2.75, 3.05) is 32.8 Å². The maximum atomic E-state index is 12.0. The van der Waals surface area contributed by atoms with Crippen molar-refractivity contribution < 1.29 is 9.53 Å². The number of nitrogens with zero attached hydrogens (tertiary/aromatic N) is 1. The smallest absolute Gasteiger partial charge is 0.241 e. The molecule has 1 saturated heterocycles. The molecule has 1 unspecified atom stereocenters. The molecule has 1 fully saturated rings. The van der Waals surface area contributed by atoms with Gasteiger partial charge in [0.05, 0.1) is 5.60 Å². The first kappa shape index (κ1) is 22.7. The van der Waals surface area contributed by atoms with E-state index in [4.69, 9.17) is 4.74 Å². The molecular weight excluding hydrogens is 443 g/mol. The number of carbonyl (C=O) groups excluding carboxylic acids is 1. The number of hydrogen-bond acceptors (Lipinski definition) is 3. The van der Waals surface area contributed by atoms with E-state index in [1.807, 2.05) is 25.1 Å². The molecule has 7 heteroatoms.